The Kier molecular flexibility index (Phi) is 5.02. The van der Waals surface area contributed by atoms with Gasteiger partial charge in [-0.25, -0.2) is 0 Å². The lowest BCUT2D eigenvalue weighted by atomic mass is 9.57. The summed E-state index contributed by atoms with van der Waals surface area (Å²) in [5.74, 6) is -3.45. The summed E-state index contributed by atoms with van der Waals surface area (Å²) < 4.78 is 5.72. The van der Waals surface area contributed by atoms with Crippen LogP contribution in [0.4, 0.5) is 0 Å². The molecule has 1 aromatic carbocycles. The van der Waals surface area contributed by atoms with Gasteiger partial charge >= 0.3 is 5.97 Å². The predicted molar refractivity (Wildman–Crippen MR) is 92.6 cm³/mol. The number of ketones is 1. The number of rotatable bonds is 5. The van der Waals surface area contributed by atoms with Gasteiger partial charge < -0.3 is 30.3 Å². The Morgan fingerprint density at radius 2 is 2.04 bits per heavy atom. The first kappa shape index (κ1) is 19.8. The van der Waals surface area contributed by atoms with Crippen LogP contribution in [0.5, 0.6) is 5.75 Å². The number of carbonyl (C=O) groups excluding carboxylic acids is 1. The summed E-state index contributed by atoms with van der Waals surface area (Å²) in [5.41, 5.74) is -4.46. The Morgan fingerprint density at radius 3 is 2.63 bits per heavy atom. The molecular formula is C19H24O8. The van der Waals surface area contributed by atoms with Crippen LogP contribution >= 0.6 is 0 Å². The van der Waals surface area contributed by atoms with Gasteiger partial charge in [-0.05, 0) is 18.1 Å². The molecule has 148 valence electrons. The number of benzene rings is 1. The van der Waals surface area contributed by atoms with Crippen molar-refractivity contribution >= 4 is 11.8 Å². The number of carboxylic acids is 1. The van der Waals surface area contributed by atoms with E-state index in [-0.39, 0.29) is 29.7 Å². The van der Waals surface area contributed by atoms with Crippen LogP contribution in [0.3, 0.4) is 0 Å². The molecule has 2 aliphatic rings. The summed E-state index contributed by atoms with van der Waals surface area (Å²) in [6, 6.07) is 4.28. The van der Waals surface area contributed by atoms with Gasteiger partial charge in [0.2, 0.25) is 5.78 Å². The molecule has 1 aromatic rings. The molecule has 0 radical (unpaired) electrons. The number of Topliss-reactive ketones (excluding diaryl/α,β-unsaturated/α-hetero) is 1. The number of aliphatic carboxylic acids is 1. The van der Waals surface area contributed by atoms with Crippen LogP contribution in [0.1, 0.15) is 54.4 Å². The Labute approximate surface area is 156 Å². The normalized spacial score (nSPS) is 35.4. The van der Waals surface area contributed by atoms with Crippen molar-refractivity contribution in [2.24, 2.45) is 0 Å². The highest BCUT2D eigenvalue weighted by Crippen LogP contribution is 2.54. The van der Waals surface area contributed by atoms with Gasteiger partial charge in [-0.2, -0.15) is 0 Å². The van der Waals surface area contributed by atoms with Crippen molar-refractivity contribution in [2.75, 3.05) is 6.61 Å². The number of fused-ring (bicyclic) bond motifs is 2. The zero-order chi connectivity index (χ0) is 20.0. The standard InChI is InChI=1S/C19H24O8/c1-2-4-14-19(26)17(24)16-11(5-3-6-13(16)21)12(9-20)18(19,25)8-10(27-14)7-15(22)23/h3,5-6,10,12,14,20-21,25-26H,2,4,7-9H2,1H3,(H,22,23)/t10-,12?,14-,18?,19?/m1/s1. The van der Waals surface area contributed by atoms with Crippen molar-refractivity contribution in [1.82, 2.24) is 0 Å². The summed E-state index contributed by atoms with van der Waals surface area (Å²) in [6.07, 6.45) is -2.13. The highest BCUT2D eigenvalue weighted by atomic mass is 16.5. The van der Waals surface area contributed by atoms with Gasteiger partial charge in [0.15, 0.2) is 5.60 Å². The predicted octanol–water partition coefficient (Wildman–Crippen LogP) is 0.559. The first-order valence-electron chi connectivity index (χ1n) is 9.00. The van der Waals surface area contributed by atoms with Crippen molar-refractivity contribution < 1.29 is 39.9 Å². The van der Waals surface area contributed by atoms with Gasteiger partial charge in [0.05, 0.1) is 30.8 Å². The van der Waals surface area contributed by atoms with Gasteiger partial charge in [-0.1, -0.05) is 25.5 Å². The maximum absolute atomic E-state index is 13.2. The molecule has 1 fully saturated rings. The second-order valence-corrected chi connectivity index (χ2v) is 7.33. The molecule has 1 aliphatic heterocycles. The molecular weight excluding hydrogens is 356 g/mol. The fraction of sp³-hybridized carbons (Fsp3) is 0.579. The molecule has 8 heteroatoms. The zero-order valence-corrected chi connectivity index (χ0v) is 15.0. The maximum atomic E-state index is 13.2. The lowest BCUT2D eigenvalue weighted by Crippen LogP contribution is -2.75. The van der Waals surface area contributed by atoms with Crippen LogP contribution in [-0.4, -0.2) is 67.3 Å². The van der Waals surface area contributed by atoms with Gasteiger partial charge in [0.1, 0.15) is 11.4 Å². The first-order valence-corrected chi connectivity index (χ1v) is 9.00. The Hall–Kier alpha value is -2.00. The maximum Gasteiger partial charge on any atom is 0.305 e. The largest absolute Gasteiger partial charge is 0.507 e. The summed E-state index contributed by atoms with van der Waals surface area (Å²) in [6.45, 7) is 1.20. The topological polar surface area (TPSA) is 145 Å². The minimum absolute atomic E-state index is 0.148. The number of aromatic hydroxyl groups is 1. The number of hydrogen-bond acceptors (Lipinski definition) is 7. The van der Waals surface area contributed by atoms with E-state index in [1.165, 1.54) is 18.2 Å². The van der Waals surface area contributed by atoms with Gasteiger partial charge in [0.25, 0.3) is 0 Å². The fourth-order valence-corrected chi connectivity index (χ4v) is 4.56. The van der Waals surface area contributed by atoms with Crippen LogP contribution in [-0.2, 0) is 9.53 Å². The molecule has 3 rings (SSSR count). The van der Waals surface area contributed by atoms with Crippen LogP contribution < -0.4 is 0 Å². The molecule has 1 aliphatic carbocycles. The van der Waals surface area contributed by atoms with E-state index >= 15 is 0 Å². The SMILES string of the molecule is CCC[C@H]1O[C@H](CC(=O)O)CC2(O)C(CO)c3cccc(O)c3C(=O)C12O. The summed E-state index contributed by atoms with van der Waals surface area (Å²) in [4.78, 5) is 24.4. The lowest BCUT2D eigenvalue weighted by molar-refractivity contribution is -0.264. The molecule has 8 nitrogen and oxygen atoms in total. The number of carbonyl (C=O) groups is 2. The average molecular weight is 380 g/mol. The average Bonchev–Trinajstić information content (AvgIpc) is 2.58. The van der Waals surface area contributed by atoms with Crippen LogP contribution in [0, 0.1) is 0 Å². The number of aliphatic hydroxyl groups excluding tert-OH is 1. The molecule has 0 aromatic heterocycles. The Bertz CT molecular complexity index is 762. The van der Waals surface area contributed by atoms with Crippen molar-refractivity contribution in [3.63, 3.8) is 0 Å². The van der Waals surface area contributed by atoms with Gasteiger partial charge in [0, 0.05) is 12.3 Å². The third kappa shape index (κ3) is 2.75. The molecule has 1 heterocycles. The van der Waals surface area contributed by atoms with E-state index < -0.39 is 54.1 Å². The lowest BCUT2D eigenvalue weighted by Gasteiger charge is -2.57. The van der Waals surface area contributed by atoms with E-state index in [9.17, 15) is 30.0 Å². The highest BCUT2D eigenvalue weighted by Gasteiger charge is 2.69. The van der Waals surface area contributed by atoms with Crippen LogP contribution in [0.25, 0.3) is 0 Å². The Balaban J connectivity index is 2.21. The second kappa shape index (κ2) is 6.87. The Morgan fingerprint density at radius 1 is 1.33 bits per heavy atom. The molecule has 0 bridgehead atoms. The second-order valence-electron chi connectivity index (χ2n) is 7.33. The molecule has 27 heavy (non-hydrogen) atoms. The first-order chi connectivity index (χ1) is 12.7. The fourth-order valence-electron chi connectivity index (χ4n) is 4.56. The van der Waals surface area contributed by atoms with Crippen molar-refractivity contribution in [3.05, 3.63) is 29.3 Å². The number of hydrogen-bond donors (Lipinski definition) is 5. The van der Waals surface area contributed by atoms with E-state index in [1.54, 1.807) is 6.92 Å². The van der Waals surface area contributed by atoms with E-state index in [2.05, 4.69) is 0 Å². The number of ether oxygens (including phenoxy) is 1. The third-order valence-corrected chi connectivity index (χ3v) is 5.76. The molecule has 0 saturated carbocycles. The number of phenols is 1. The van der Waals surface area contributed by atoms with E-state index in [0.29, 0.717) is 6.42 Å². The monoisotopic (exact) mass is 380 g/mol. The van der Waals surface area contributed by atoms with Gasteiger partial charge in [-0.3, -0.25) is 9.59 Å². The van der Waals surface area contributed by atoms with E-state index in [0.717, 1.165) is 0 Å². The number of carboxylic acid groups (broad SMARTS) is 1. The zero-order valence-electron chi connectivity index (χ0n) is 15.0. The molecule has 0 amide bonds. The van der Waals surface area contributed by atoms with Crippen LogP contribution in [0.15, 0.2) is 18.2 Å². The molecule has 0 spiro atoms. The summed E-state index contributed by atoms with van der Waals surface area (Å²) >= 11 is 0. The molecule has 1 saturated heterocycles. The third-order valence-electron chi connectivity index (χ3n) is 5.76. The quantitative estimate of drug-likeness (QED) is 0.498. The molecule has 5 atom stereocenters. The molecule has 5 N–H and O–H groups in total. The minimum atomic E-state index is -2.41. The van der Waals surface area contributed by atoms with Crippen molar-refractivity contribution in [3.8, 4) is 5.75 Å². The van der Waals surface area contributed by atoms with Crippen molar-refractivity contribution in [2.45, 2.75) is 61.9 Å². The summed E-state index contributed by atoms with van der Waals surface area (Å²) in [7, 11) is 0. The van der Waals surface area contributed by atoms with Gasteiger partial charge in [-0.15, -0.1) is 0 Å². The number of phenolic OH excluding ortho intramolecular Hbond substituents is 1. The number of aliphatic hydroxyl groups is 3. The molecule has 3 unspecified atom stereocenters. The van der Waals surface area contributed by atoms with Crippen molar-refractivity contribution in [1.29, 1.82) is 0 Å². The minimum Gasteiger partial charge on any atom is -0.507 e. The highest BCUT2D eigenvalue weighted by molar-refractivity contribution is 6.08. The van der Waals surface area contributed by atoms with E-state index in [4.69, 9.17) is 9.84 Å². The van der Waals surface area contributed by atoms with E-state index in [1.807, 2.05) is 0 Å². The smallest absolute Gasteiger partial charge is 0.305 e. The summed E-state index contributed by atoms with van der Waals surface area (Å²) in [5, 5.41) is 52.3. The van der Waals surface area contributed by atoms with Crippen LogP contribution in [0.2, 0.25) is 0 Å².